The van der Waals surface area contributed by atoms with Gasteiger partial charge in [0.25, 0.3) is 0 Å². The molecule has 6 heterocycles. The zero-order valence-corrected chi connectivity index (χ0v) is 43.1. The Morgan fingerprint density at radius 3 is 1.64 bits per heavy atom. The average Bonchev–Trinajstić information content (AvgIpc) is 2.13. The van der Waals surface area contributed by atoms with E-state index in [-0.39, 0.29) is 21.1 Å². The summed E-state index contributed by atoms with van der Waals surface area (Å²) in [6, 6.07) is 79.0. The Balaban J connectivity index is 0.00000588. The number of fused-ring (bicyclic) bond motifs is 13. The third-order valence-corrected chi connectivity index (χ3v) is 15.2. The summed E-state index contributed by atoms with van der Waals surface area (Å²) < 4.78 is 69.5. The number of hydrogen-bond donors (Lipinski definition) is 0. The van der Waals surface area contributed by atoms with Gasteiger partial charge in [-0.25, -0.2) is 4.98 Å². The van der Waals surface area contributed by atoms with Crippen LogP contribution in [0.1, 0.15) is 8.22 Å². The first-order chi connectivity index (χ1) is 40.0. The van der Waals surface area contributed by atoms with Crippen molar-refractivity contribution in [2.24, 2.45) is 14.0 Å². The first-order valence-corrected chi connectivity index (χ1v) is 25.2. The van der Waals surface area contributed by atoms with E-state index in [1.165, 1.54) is 19.9 Å². The van der Waals surface area contributed by atoms with Crippen molar-refractivity contribution < 1.29 is 34.0 Å². The summed E-state index contributed by atoms with van der Waals surface area (Å²) in [4.78, 5) is 8.92. The summed E-state index contributed by atoms with van der Waals surface area (Å²) in [5.74, 6) is 1.62. The van der Waals surface area contributed by atoms with Gasteiger partial charge >= 0.3 is 0 Å². The summed E-state index contributed by atoms with van der Waals surface area (Å²) in [7, 11) is 0. The van der Waals surface area contributed by atoms with Gasteiger partial charge in [-0.2, -0.15) is 12.1 Å². The molecule has 1 aliphatic heterocycles. The molecule has 0 saturated heterocycles. The first-order valence-electron chi connectivity index (χ1n) is 28.2. The summed E-state index contributed by atoms with van der Waals surface area (Å²) in [6.45, 7) is -3.50. The van der Waals surface area contributed by atoms with E-state index in [0.29, 0.717) is 61.4 Å². The maximum absolute atomic E-state index is 9.25. The van der Waals surface area contributed by atoms with E-state index < -0.39 is 14.0 Å². The number of rotatable bonds is 7. The van der Waals surface area contributed by atoms with Gasteiger partial charge < -0.3 is 32.8 Å². The molecule has 0 saturated carbocycles. The van der Waals surface area contributed by atoms with Gasteiger partial charge in [-0.1, -0.05) is 139 Å². The molecule has 0 amide bonds. The maximum atomic E-state index is 9.25. The second-order valence-electron chi connectivity index (χ2n) is 19.3. The van der Waals surface area contributed by atoms with Crippen LogP contribution in [0.15, 0.2) is 225 Å². The van der Waals surface area contributed by atoms with Crippen LogP contribution in [0.5, 0.6) is 11.5 Å². The fourth-order valence-corrected chi connectivity index (χ4v) is 12.1. The number of aromatic nitrogens is 5. The van der Waals surface area contributed by atoms with Crippen molar-refractivity contribution in [1.82, 2.24) is 23.3 Å². The number of hydrogen-bond acceptors (Lipinski definition) is 4. The predicted octanol–water partition coefficient (Wildman–Crippen LogP) is 17.0. The molecule has 15 aromatic rings. The van der Waals surface area contributed by atoms with Crippen LogP contribution in [0.3, 0.4) is 0 Å². The maximum Gasteiger partial charge on any atom is 0.137 e. The van der Waals surface area contributed by atoms with Gasteiger partial charge in [0.1, 0.15) is 5.82 Å². The van der Waals surface area contributed by atoms with Crippen molar-refractivity contribution in [3.05, 3.63) is 243 Å². The molecule has 8 nitrogen and oxygen atoms in total. The van der Waals surface area contributed by atoms with E-state index in [1.807, 2.05) is 168 Å². The summed E-state index contributed by atoms with van der Waals surface area (Å²) in [5.41, 5.74) is 10.7. The second kappa shape index (κ2) is 17.3. The average molecular weight is 1180 g/mol. The van der Waals surface area contributed by atoms with E-state index in [9.17, 15) is 8.22 Å². The van der Waals surface area contributed by atoms with Crippen molar-refractivity contribution in [3.63, 3.8) is 0 Å². The van der Waals surface area contributed by atoms with Crippen LogP contribution in [0.25, 0.3) is 110 Å². The van der Waals surface area contributed by atoms with Gasteiger partial charge in [-0.05, 0) is 59.5 Å². The van der Waals surface area contributed by atoms with Crippen LogP contribution in [-0.4, -0.2) is 23.3 Å². The normalized spacial score (nSPS) is 14.1. The second-order valence-corrected chi connectivity index (χ2v) is 19.3. The van der Waals surface area contributed by atoms with E-state index in [2.05, 4.69) is 94.1 Å². The molecule has 0 bridgehead atoms. The molecular weight excluding hydrogens is 1130 g/mol. The molecule has 0 fully saturated rings. The summed E-state index contributed by atoms with van der Waals surface area (Å²) in [6.07, 6.45) is 1.86. The van der Waals surface area contributed by atoms with Gasteiger partial charge in [0.05, 0.1) is 33.4 Å². The van der Waals surface area contributed by atoms with Crippen molar-refractivity contribution in [2.45, 2.75) is 0 Å². The molecule has 0 N–H and O–H groups in total. The minimum Gasteiger partial charge on any atom is -0.509 e. The van der Waals surface area contributed by atoms with Crippen LogP contribution in [0.2, 0.25) is 0 Å². The van der Waals surface area contributed by atoms with E-state index >= 15 is 0 Å². The van der Waals surface area contributed by atoms with Crippen molar-refractivity contribution in [2.75, 3.05) is 9.80 Å². The SMILES string of the molecule is [2H]C([2H])([2H])n1c2ccccc2c2c(-c3ccccc3)c3c4ccccc4n(C([2H])([2H])[2H])c3c(N3[CH-]N(c4[c-]c(Oc5[c-]c6c(cc5)c5ccccc5n6-c5cc(-n6c7ccccc7c7ccccc76)ccn5)ccc4)c4ccccc43)c21.[Pt]. The largest absolute Gasteiger partial charge is 0.509 e. The summed E-state index contributed by atoms with van der Waals surface area (Å²) >= 11 is 0. The van der Waals surface area contributed by atoms with Crippen LogP contribution in [-0.2, 0) is 35.0 Å². The topological polar surface area (TPSA) is 48.3 Å². The zero-order valence-electron chi connectivity index (χ0n) is 46.8. The van der Waals surface area contributed by atoms with Gasteiger partial charge in [0.2, 0.25) is 0 Å². The molecule has 9 heteroatoms. The molecule has 0 aliphatic carbocycles. The van der Waals surface area contributed by atoms with E-state index in [0.717, 1.165) is 71.9 Å². The Labute approximate surface area is 466 Å². The first kappa shape index (κ1) is 39.1. The molecule has 0 spiro atoms. The minimum atomic E-state index is -2.70. The van der Waals surface area contributed by atoms with Crippen LogP contribution in [0, 0.1) is 18.8 Å². The Kier molecular flexibility index (Phi) is 8.81. The number of anilines is 4. The molecular formula is C68H44N7OPt-3. The number of benzene rings is 10. The summed E-state index contributed by atoms with van der Waals surface area (Å²) in [5, 5.41) is 7.23. The fourth-order valence-electron chi connectivity index (χ4n) is 12.1. The third-order valence-electron chi connectivity index (χ3n) is 15.2. The van der Waals surface area contributed by atoms with Crippen LogP contribution in [0.4, 0.5) is 22.7 Å². The van der Waals surface area contributed by atoms with Crippen molar-refractivity contribution in [3.8, 4) is 34.1 Å². The quantitative estimate of drug-likeness (QED) is 0.149. The fraction of sp³-hybridized carbons (Fsp3) is 0.0294. The molecule has 0 atom stereocenters. The van der Waals surface area contributed by atoms with Gasteiger partial charge in [-0.3, -0.25) is 0 Å². The number of pyridine rings is 1. The Bertz CT molecular complexity index is 4970. The Hall–Kier alpha value is -9.36. The predicted molar refractivity (Wildman–Crippen MR) is 312 cm³/mol. The molecule has 0 radical (unpaired) electrons. The number of ether oxygens (including phenoxy) is 1. The van der Waals surface area contributed by atoms with Crippen LogP contribution < -0.4 is 14.5 Å². The number of nitrogens with zero attached hydrogens (tertiary/aromatic N) is 7. The van der Waals surface area contributed by atoms with Gasteiger partial charge in [-0.15, -0.1) is 48.1 Å². The Morgan fingerprint density at radius 2 is 1.00 bits per heavy atom. The third kappa shape index (κ3) is 6.58. The molecule has 16 rings (SSSR count). The van der Waals surface area contributed by atoms with Crippen LogP contribution >= 0.6 is 0 Å². The zero-order chi connectivity index (χ0) is 55.2. The number of aryl methyl sites for hydroxylation is 2. The molecule has 1 aliphatic rings. The molecule has 10 aromatic carbocycles. The van der Waals surface area contributed by atoms with E-state index in [4.69, 9.17) is 9.72 Å². The minimum absolute atomic E-state index is 0. The van der Waals surface area contributed by atoms with Gasteiger partial charge in [0, 0.05) is 133 Å². The molecule has 5 aromatic heterocycles. The smallest absolute Gasteiger partial charge is 0.137 e. The van der Waals surface area contributed by atoms with Crippen molar-refractivity contribution >= 4 is 110 Å². The number of para-hydroxylation sites is 7. The van der Waals surface area contributed by atoms with Crippen molar-refractivity contribution in [1.29, 1.82) is 0 Å². The standard InChI is InChI=1S/C68H44N7O.Pt/c1-70-54-28-11-9-26-52(54)64-63(43-19-4-3-5-20-43)65-53-27-10-12-29-55(53)71(2)67(65)68(66(64)70)73-42-72(59-33-16-17-34-60(59)73)44-21-18-22-46(39-44)76-47-35-36-51-50-25-8-15-32-58(50)75(61(51)41-47)62-40-45(37-38-69-62)74-56-30-13-6-23-48(56)49-24-7-14-31-57(49)74;/h3-38,40,42H,1-2H3;/q-3;/i1D3,2D3;. The monoisotopic (exact) mass is 1180 g/mol. The molecule has 77 heavy (non-hydrogen) atoms. The van der Waals surface area contributed by atoms with E-state index in [1.54, 1.807) is 0 Å². The Morgan fingerprint density at radius 1 is 0.468 bits per heavy atom. The molecule has 0 unspecified atom stereocenters. The molecule has 370 valence electrons. The van der Waals surface area contributed by atoms with Gasteiger partial charge in [0.15, 0.2) is 0 Å².